The lowest BCUT2D eigenvalue weighted by molar-refractivity contribution is -0.120. The van der Waals surface area contributed by atoms with E-state index >= 15 is 0 Å². The molecule has 1 aromatic heterocycles. The lowest BCUT2D eigenvalue weighted by atomic mass is 10.2. The standard InChI is InChI=1S/C19H27ClN4OS/c1-4-6-7-8-13-24-17(15-9-11-16(20)12-10-15)22-23-19(24)26-14(3)18(25)21-5-2/h9-12,14H,4-8,13H2,1-3H3,(H,21,25). The molecule has 0 fully saturated rings. The first-order valence-electron chi connectivity index (χ1n) is 9.20. The number of halogens is 1. The Kier molecular flexibility index (Phi) is 8.45. The maximum atomic E-state index is 12.1. The first-order valence-corrected chi connectivity index (χ1v) is 10.5. The van der Waals surface area contributed by atoms with Gasteiger partial charge in [0.05, 0.1) is 5.25 Å². The molecule has 7 heteroatoms. The molecule has 5 nitrogen and oxygen atoms in total. The number of hydrogen-bond acceptors (Lipinski definition) is 4. The Bertz CT molecular complexity index is 702. The highest BCUT2D eigenvalue weighted by atomic mass is 35.5. The fourth-order valence-electron chi connectivity index (χ4n) is 2.62. The van der Waals surface area contributed by atoms with Gasteiger partial charge in [-0.15, -0.1) is 10.2 Å². The van der Waals surface area contributed by atoms with Crippen molar-refractivity contribution in [2.75, 3.05) is 6.54 Å². The molecule has 1 aromatic carbocycles. The van der Waals surface area contributed by atoms with E-state index in [1.165, 1.54) is 31.0 Å². The molecule has 142 valence electrons. The van der Waals surface area contributed by atoms with Crippen molar-refractivity contribution in [2.45, 2.75) is 63.4 Å². The van der Waals surface area contributed by atoms with Gasteiger partial charge in [0.2, 0.25) is 5.91 Å². The van der Waals surface area contributed by atoms with Gasteiger partial charge in [-0.1, -0.05) is 49.5 Å². The number of nitrogens with zero attached hydrogens (tertiary/aromatic N) is 3. The Balaban J connectivity index is 2.23. The van der Waals surface area contributed by atoms with Crippen LogP contribution in [0, 0.1) is 0 Å². The smallest absolute Gasteiger partial charge is 0.233 e. The minimum absolute atomic E-state index is 0.0195. The van der Waals surface area contributed by atoms with Crippen LogP contribution in [-0.2, 0) is 11.3 Å². The lowest BCUT2D eigenvalue weighted by Gasteiger charge is -2.13. The highest BCUT2D eigenvalue weighted by Crippen LogP contribution is 2.28. The molecule has 2 aromatic rings. The van der Waals surface area contributed by atoms with Gasteiger partial charge in [0.15, 0.2) is 11.0 Å². The van der Waals surface area contributed by atoms with Crippen LogP contribution < -0.4 is 5.32 Å². The minimum Gasteiger partial charge on any atom is -0.355 e. The predicted molar refractivity (Wildman–Crippen MR) is 109 cm³/mol. The van der Waals surface area contributed by atoms with E-state index in [9.17, 15) is 4.79 Å². The normalized spacial score (nSPS) is 12.2. The molecular weight excluding hydrogens is 368 g/mol. The van der Waals surface area contributed by atoms with E-state index in [0.717, 1.165) is 29.5 Å². The molecule has 0 aliphatic heterocycles. The zero-order chi connectivity index (χ0) is 18.9. The molecule has 26 heavy (non-hydrogen) atoms. The molecule has 0 saturated heterocycles. The van der Waals surface area contributed by atoms with Crippen molar-refractivity contribution in [1.29, 1.82) is 0 Å². The van der Waals surface area contributed by atoms with E-state index in [0.29, 0.717) is 11.6 Å². The van der Waals surface area contributed by atoms with Gasteiger partial charge in [-0.25, -0.2) is 0 Å². The van der Waals surface area contributed by atoms with Crippen molar-refractivity contribution in [2.24, 2.45) is 0 Å². The van der Waals surface area contributed by atoms with Crippen molar-refractivity contribution >= 4 is 29.3 Å². The Morgan fingerprint density at radius 2 is 1.92 bits per heavy atom. The summed E-state index contributed by atoms with van der Waals surface area (Å²) in [5.74, 6) is 0.842. The van der Waals surface area contributed by atoms with Crippen LogP contribution in [0.2, 0.25) is 5.02 Å². The van der Waals surface area contributed by atoms with E-state index < -0.39 is 0 Å². The summed E-state index contributed by atoms with van der Waals surface area (Å²) in [7, 11) is 0. The first kappa shape index (κ1) is 20.8. The summed E-state index contributed by atoms with van der Waals surface area (Å²) in [6.45, 7) is 7.49. The number of carbonyl (C=O) groups is 1. The highest BCUT2D eigenvalue weighted by Gasteiger charge is 2.20. The largest absolute Gasteiger partial charge is 0.355 e. The number of thioether (sulfide) groups is 1. The summed E-state index contributed by atoms with van der Waals surface area (Å²) in [6, 6.07) is 7.63. The van der Waals surface area contributed by atoms with E-state index in [4.69, 9.17) is 11.6 Å². The summed E-state index contributed by atoms with van der Waals surface area (Å²) in [5, 5.41) is 12.9. The molecule has 1 atom stereocenters. The summed E-state index contributed by atoms with van der Waals surface area (Å²) < 4.78 is 2.12. The van der Waals surface area contributed by atoms with Gasteiger partial charge in [-0.3, -0.25) is 4.79 Å². The van der Waals surface area contributed by atoms with Crippen molar-refractivity contribution in [3.05, 3.63) is 29.3 Å². The van der Waals surface area contributed by atoms with Crippen LogP contribution in [0.5, 0.6) is 0 Å². The molecule has 0 saturated carbocycles. The Hall–Kier alpha value is -1.53. The molecule has 2 rings (SSSR count). The third kappa shape index (κ3) is 5.74. The van der Waals surface area contributed by atoms with Gasteiger partial charge >= 0.3 is 0 Å². The van der Waals surface area contributed by atoms with Crippen LogP contribution in [0.4, 0.5) is 0 Å². The second-order valence-electron chi connectivity index (χ2n) is 6.18. The molecule has 1 amide bonds. The summed E-state index contributed by atoms with van der Waals surface area (Å²) in [4.78, 5) is 12.1. The van der Waals surface area contributed by atoms with E-state index in [2.05, 4.69) is 27.0 Å². The average Bonchev–Trinajstić information content (AvgIpc) is 3.02. The van der Waals surface area contributed by atoms with E-state index in [1.54, 1.807) is 0 Å². The molecule has 0 bridgehead atoms. The number of unbranched alkanes of at least 4 members (excludes halogenated alkanes) is 3. The summed E-state index contributed by atoms with van der Waals surface area (Å²) >= 11 is 7.46. The van der Waals surface area contributed by atoms with Gasteiger partial charge in [-0.05, 0) is 44.5 Å². The Morgan fingerprint density at radius 3 is 2.58 bits per heavy atom. The molecule has 1 heterocycles. The second kappa shape index (κ2) is 10.6. The van der Waals surface area contributed by atoms with Gasteiger partial charge < -0.3 is 9.88 Å². The summed E-state index contributed by atoms with van der Waals surface area (Å²) in [5.41, 5.74) is 0.981. The number of nitrogens with one attached hydrogen (secondary N) is 1. The third-order valence-electron chi connectivity index (χ3n) is 4.06. The molecule has 0 radical (unpaired) electrons. The predicted octanol–water partition coefficient (Wildman–Crippen LogP) is 4.80. The number of benzene rings is 1. The monoisotopic (exact) mass is 394 g/mol. The van der Waals surface area contributed by atoms with E-state index in [-0.39, 0.29) is 11.2 Å². The lowest BCUT2D eigenvalue weighted by Crippen LogP contribution is -2.30. The zero-order valence-corrected chi connectivity index (χ0v) is 17.2. The summed E-state index contributed by atoms with van der Waals surface area (Å²) in [6.07, 6.45) is 4.65. The number of aromatic nitrogens is 3. The number of amides is 1. The van der Waals surface area contributed by atoms with Crippen molar-refractivity contribution in [1.82, 2.24) is 20.1 Å². The first-order chi connectivity index (χ1) is 12.6. The van der Waals surface area contributed by atoms with Crippen LogP contribution in [-0.4, -0.2) is 32.5 Å². The zero-order valence-electron chi connectivity index (χ0n) is 15.7. The number of hydrogen-bond donors (Lipinski definition) is 1. The SMILES string of the molecule is CCCCCCn1c(SC(C)C(=O)NCC)nnc1-c1ccc(Cl)cc1. The van der Waals surface area contributed by atoms with Crippen LogP contribution >= 0.6 is 23.4 Å². The van der Waals surface area contributed by atoms with E-state index in [1.807, 2.05) is 38.1 Å². The van der Waals surface area contributed by atoms with Crippen molar-refractivity contribution < 1.29 is 4.79 Å². The average molecular weight is 395 g/mol. The van der Waals surface area contributed by atoms with Crippen LogP contribution in [0.3, 0.4) is 0 Å². The topological polar surface area (TPSA) is 59.8 Å². The van der Waals surface area contributed by atoms with Gasteiger partial charge in [-0.2, -0.15) is 0 Å². The third-order valence-corrected chi connectivity index (χ3v) is 5.39. The molecule has 0 spiro atoms. The molecule has 0 aliphatic rings. The van der Waals surface area contributed by atoms with Gasteiger partial charge in [0.1, 0.15) is 0 Å². The Morgan fingerprint density at radius 1 is 1.19 bits per heavy atom. The second-order valence-corrected chi connectivity index (χ2v) is 7.92. The van der Waals surface area contributed by atoms with Crippen molar-refractivity contribution in [3.8, 4) is 11.4 Å². The van der Waals surface area contributed by atoms with Crippen LogP contribution in [0.15, 0.2) is 29.4 Å². The molecule has 0 aliphatic carbocycles. The maximum Gasteiger partial charge on any atom is 0.233 e. The molecule has 1 N–H and O–H groups in total. The molecular formula is C19H27ClN4OS. The molecule has 1 unspecified atom stereocenters. The fourth-order valence-corrected chi connectivity index (χ4v) is 3.64. The van der Waals surface area contributed by atoms with Crippen LogP contribution in [0.1, 0.15) is 46.5 Å². The fraction of sp³-hybridized carbons (Fsp3) is 0.526. The van der Waals surface area contributed by atoms with Crippen LogP contribution in [0.25, 0.3) is 11.4 Å². The number of rotatable bonds is 10. The van der Waals surface area contributed by atoms with Crippen molar-refractivity contribution in [3.63, 3.8) is 0 Å². The number of carbonyl (C=O) groups excluding carboxylic acids is 1. The van der Waals surface area contributed by atoms with Gasteiger partial charge in [0.25, 0.3) is 0 Å². The quantitative estimate of drug-likeness (QED) is 0.464. The highest BCUT2D eigenvalue weighted by molar-refractivity contribution is 8.00. The Labute approximate surface area is 164 Å². The maximum absolute atomic E-state index is 12.1. The van der Waals surface area contributed by atoms with Gasteiger partial charge in [0, 0.05) is 23.7 Å². The minimum atomic E-state index is -0.216.